The maximum Gasteiger partial charge on any atom is 0.272 e. The molecule has 0 saturated carbocycles. The Morgan fingerprint density at radius 3 is 2.82 bits per heavy atom. The Labute approximate surface area is 125 Å². The zero-order valence-electron chi connectivity index (χ0n) is 11.7. The van der Waals surface area contributed by atoms with Crippen molar-refractivity contribution in [2.45, 2.75) is 6.42 Å². The number of nitrogens with one attached hydrogen (secondary N) is 3. The van der Waals surface area contributed by atoms with Gasteiger partial charge in [0.2, 0.25) is 11.8 Å². The van der Waals surface area contributed by atoms with E-state index in [1.54, 1.807) is 18.2 Å². The fourth-order valence-electron chi connectivity index (χ4n) is 1.85. The minimum absolute atomic E-state index is 0.0613. The molecular weight excluding hydrogens is 286 g/mol. The van der Waals surface area contributed by atoms with E-state index in [2.05, 4.69) is 27.4 Å². The van der Waals surface area contributed by atoms with Gasteiger partial charge in [0.25, 0.3) is 5.91 Å². The van der Waals surface area contributed by atoms with Crippen LogP contribution < -0.4 is 16.4 Å². The summed E-state index contributed by atoms with van der Waals surface area (Å²) >= 11 is 0. The number of primary amides is 1. The van der Waals surface area contributed by atoms with Gasteiger partial charge in [-0.15, -0.1) is 0 Å². The second-order valence-corrected chi connectivity index (χ2v) is 4.50. The summed E-state index contributed by atoms with van der Waals surface area (Å²) in [6.45, 7) is 3.52. The van der Waals surface area contributed by atoms with E-state index in [0.717, 1.165) is 6.08 Å². The molecule has 0 spiro atoms. The Hall–Kier alpha value is -3.16. The molecule has 114 valence electrons. The van der Waals surface area contributed by atoms with E-state index in [9.17, 15) is 14.4 Å². The number of hydrogen-bond donors (Lipinski definition) is 4. The van der Waals surface area contributed by atoms with Crippen LogP contribution in [0.1, 0.15) is 16.9 Å². The second kappa shape index (κ2) is 6.53. The summed E-state index contributed by atoms with van der Waals surface area (Å²) in [5, 5.41) is 12.4. The fourth-order valence-corrected chi connectivity index (χ4v) is 1.85. The minimum atomic E-state index is -0.491. The van der Waals surface area contributed by atoms with Crippen LogP contribution in [-0.2, 0) is 9.59 Å². The number of fused-ring (bicyclic) bond motifs is 1. The fraction of sp³-hybridized carbons (Fsp3) is 0.143. The molecule has 2 rings (SSSR count). The molecule has 0 aliphatic rings. The van der Waals surface area contributed by atoms with Gasteiger partial charge in [0.15, 0.2) is 5.69 Å². The van der Waals surface area contributed by atoms with Gasteiger partial charge in [-0.2, -0.15) is 5.10 Å². The van der Waals surface area contributed by atoms with E-state index in [0.29, 0.717) is 16.6 Å². The molecule has 0 saturated heterocycles. The molecule has 0 aliphatic carbocycles. The van der Waals surface area contributed by atoms with Crippen LogP contribution in [0.5, 0.6) is 0 Å². The second-order valence-electron chi connectivity index (χ2n) is 4.50. The lowest BCUT2D eigenvalue weighted by molar-refractivity contribution is -0.118. The van der Waals surface area contributed by atoms with Crippen molar-refractivity contribution in [2.24, 2.45) is 5.73 Å². The van der Waals surface area contributed by atoms with Gasteiger partial charge in [0, 0.05) is 24.0 Å². The van der Waals surface area contributed by atoms with Crippen LogP contribution in [0.2, 0.25) is 0 Å². The number of rotatable bonds is 6. The van der Waals surface area contributed by atoms with Crippen LogP contribution in [0.4, 0.5) is 5.69 Å². The molecule has 0 fully saturated rings. The van der Waals surface area contributed by atoms with Gasteiger partial charge < -0.3 is 16.4 Å². The number of H-pyrrole nitrogens is 1. The Balaban J connectivity index is 2.15. The zero-order chi connectivity index (χ0) is 16.1. The lowest BCUT2D eigenvalue weighted by Gasteiger charge is -2.03. The molecule has 22 heavy (non-hydrogen) atoms. The molecule has 2 aromatic rings. The molecule has 8 nitrogen and oxygen atoms in total. The predicted molar refractivity (Wildman–Crippen MR) is 81.1 cm³/mol. The van der Waals surface area contributed by atoms with Crippen molar-refractivity contribution >= 4 is 34.3 Å². The monoisotopic (exact) mass is 301 g/mol. The summed E-state index contributed by atoms with van der Waals surface area (Å²) in [6, 6.07) is 4.98. The first-order chi connectivity index (χ1) is 10.5. The first kappa shape index (κ1) is 15.2. The molecular formula is C14H15N5O3. The summed E-state index contributed by atoms with van der Waals surface area (Å²) in [4.78, 5) is 33.9. The first-order valence-electron chi connectivity index (χ1n) is 6.49. The third-order valence-corrected chi connectivity index (χ3v) is 2.89. The Kier molecular flexibility index (Phi) is 4.52. The molecule has 0 aliphatic heterocycles. The lowest BCUT2D eigenvalue weighted by atomic mass is 10.2. The molecule has 3 amide bonds. The minimum Gasteiger partial charge on any atom is -0.370 e. The molecule has 1 aromatic heterocycles. The van der Waals surface area contributed by atoms with Gasteiger partial charge in [-0.05, 0) is 24.3 Å². The van der Waals surface area contributed by atoms with Crippen LogP contribution in [0.15, 0.2) is 30.9 Å². The Morgan fingerprint density at radius 2 is 2.14 bits per heavy atom. The summed E-state index contributed by atoms with van der Waals surface area (Å²) in [7, 11) is 0. The van der Waals surface area contributed by atoms with E-state index >= 15 is 0 Å². The Bertz CT molecular complexity index is 750. The van der Waals surface area contributed by atoms with E-state index < -0.39 is 11.8 Å². The largest absolute Gasteiger partial charge is 0.370 e. The summed E-state index contributed by atoms with van der Waals surface area (Å²) < 4.78 is 0. The van der Waals surface area contributed by atoms with Crippen molar-refractivity contribution in [2.75, 3.05) is 11.9 Å². The van der Waals surface area contributed by atoms with Crippen molar-refractivity contribution in [3.8, 4) is 0 Å². The maximum atomic E-state index is 12.0. The van der Waals surface area contributed by atoms with Crippen LogP contribution in [-0.4, -0.2) is 34.5 Å². The molecule has 1 aromatic carbocycles. The van der Waals surface area contributed by atoms with Crippen LogP contribution >= 0.6 is 0 Å². The third kappa shape index (κ3) is 3.48. The number of benzene rings is 1. The number of nitrogens with zero attached hydrogens (tertiary/aromatic N) is 1. The van der Waals surface area contributed by atoms with Gasteiger partial charge in [-0.1, -0.05) is 6.58 Å². The highest BCUT2D eigenvalue weighted by Gasteiger charge is 2.14. The van der Waals surface area contributed by atoms with E-state index in [-0.39, 0.29) is 24.6 Å². The van der Waals surface area contributed by atoms with Crippen molar-refractivity contribution in [1.82, 2.24) is 15.5 Å². The van der Waals surface area contributed by atoms with Gasteiger partial charge >= 0.3 is 0 Å². The number of carbonyl (C=O) groups is 3. The van der Waals surface area contributed by atoms with Gasteiger partial charge in [0.1, 0.15) is 0 Å². The number of anilines is 1. The van der Waals surface area contributed by atoms with Crippen LogP contribution in [0, 0.1) is 0 Å². The molecule has 8 heteroatoms. The summed E-state index contributed by atoms with van der Waals surface area (Å²) in [5.41, 5.74) is 6.37. The van der Waals surface area contributed by atoms with Crippen molar-refractivity contribution in [1.29, 1.82) is 0 Å². The highest BCUT2D eigenvalue weighted by molar-refractivity contribution is 6.06. The molecule has 5 N–H and O–H groups in total. The predicted octanol–water partition coefficient (Wildman–Crippen LogP) is 0.293. The van der Waals surface area contributed by atoms with Crippen LogP contribution in [0.25, 0.3) is 10.9 Å². The first-order valence-corrected chi connectivity index (χ1v) is 6.49. The number of carbonyl (C=O) groups excluding carboxylic acids is 3. The number of aromatic amines is 1. The molecule has 0 radical (unpaired) electrons. The van der Waals surface area contributed by atoms with E-state index in [4.69, 9.17) is 5.73 Å². The van der Waals surface area contributed by atoms with Gasteiger partial charge in [0.05, 0.1) is 5.52 Å². The standard InChI is InChI=1S/C14H15N5O3/c1-2-12(21)17-8-3-4-9-10(7-8)18-19-13(9)14(22)16-6-5-11(15)20/h2-4,7H,1,5-6H2,(H2,15,20)(H,16,22)(H,17,21)(H,18,19). The van der Waals surface area contributed by atoms with Crippen molar-refractivity contribution < 1.29 is 14.4 Å². The van der Waals surface area contributed by atoms with E-state index in [1.165, 1.54) is 0 Å². The molecule has 0 atom stereocenters. The summed E-state index contributed by atoms with van der Waals surface area (Å²) in [6.07, 6.45) is 1.22. The normalized spacial score (nSPS) is 10.2. The highest BCUT2D eigenvalue weighted by Crippen LogP contribution is 2.20. The zero-order valence-corrected chi connectivity index (χ0v) is 11.7. The smallest absolute Gasteiger partial charge is 0.272 e. The number of aromatic nitrogens is 2. The number of nitrogens with two attached hydrogens (primary N) is 1. The summed E-state index contributed by atoms with van der Waals surface area (Å²) in [5.74, 6) is -1.23. The molecule has 0 bridgehead atoms. The number of amides is 3. The maximum absolute atomic E-state index is 12.0. The molecule has 0 unspecified atom stereocenters. The average Bonchev–Trinajstić information content (AvgIpc) is 2.89. The number of hydrogen-bond acceptors (Lipinski definition) is 4. The van der Waals surface area contributed by atoms with Crippen LogP contribution in [0.3, 0.4) is 0 Å². The topological polar surface area (TPSA) is 130 Å². The quantitative estimate of drug-likeness (QED) is 0.571. The third-order valence-electron chi connectivity index (χ3n) is 2.89. The van der Waals surface area contributed by atoms with Gasteiger partial charge in [-0.25, -0.2) is 0 Å². The SMILES string of the molecule is C=CC(=O)Nc1ccc2c(C(=O)NCCC(N)=O)n[nH]c2c1. The van der Waals surface area contributed by atoms with Crippen molar-refractivity contribution in [3.05, 3.63) is 36.5 Å². The average molecular weight is 301 g/mol. The lowest BCUT2D eigenvalue weighted by Crippen LogP contribution is -2.28. The highest BCUT2D eigenvalue weighted by atomic mass is 16.2. The van der Waals surface area contributed by atoms with Crippen molar-refractivity contribution in [3.63, 3.8) is 0 Å². The van der Waals surface area contributed by atoms with Gasteiger partial charge in [-0.3, -0.25) is 19.5 Å². The Morgan fingerprint density at radius 1 is 1.36 bits per heavy atom. The van der Waals surface area contributed by atoms with E-state index in [1.807, 2.05) is 0 Å². The molecule has 1 heterocycles.